The lowest BCUT2D eigenvalue weighted by atomic mass is 10.0. The molecule has 3 aromatic heterocycles. The van der Waals surface area contributed by atoms with E-state index in [4.69, 9.17) is 15.5 Å². The quantitative estimate of drug-likeness (QED) is 0.399. The van der Waals surface area contributed by atoms with Gasteiger partial charge in [-0.1, -0.05) is 24.3 Å². The van der Waals surface area contributed by atoms with Crippen LogP contribution >= 0.6 is 0 Å². The number of fused-ring (bicyclic) bond motifs is 2. The fourth-order valence-corrected chi connectivity index (χ4v) is 4.71. The molecule has 1 aliphatic heterocycles. The van der Waals surface area contributed by atoms with Crippen molar-refractivity contribution in [2.24, 2.45) is 5.73 Å². The molecule has 0 amide bonds. The van der Waals surface area contributed by atoms with E-state index in [1.54, 1.807) is 32.9 Å². The van der Waals surface area contributed by atoms with Crippen LogP contribution in [0, 0.1) is 0 Å². The molecule has 196 valence electrons. The first-order chi connectivity index (χ1) is 17.3. The first-order valence-corrected chi connectivity index (χ1v) is 12.0. The monoisotopic (exact) mass is 514 g/mol. The SMILES string of the molecule is CC(C)(O)COc1cccc2ccc(-c3nnc4ccc([C@@H](N5CC[C@@](C)(N)C5)C(F)(F)F)cn34)nc12. The highest BCUT2D eigenvalue weighted by Gasteiger charge is 2.48. The second kappa shape index (κ2) is 8.93. The second-order valence-electron chi connectivity index (χ2n) is 10.7. The Kier molecular flexibility index (Phi) is 6.12. The fraction of sp³-hybridized carbons (Fsp3) is 0.423. The minimum absolute atomic E-state index is 0.0619. The Morgan fingerprint density at radius 1 is 1.14 bits per heavy atom. The van der Waals surface area contributed by atoms with E-state index >= 15 is 0 Å². The molecule has 0 spiro atoms. The van der Waals surface area contributed by atoms with E-state index in [-0.39, 0.29) is 25.3 Å². The zero-order valence-corrected chi connectivity index (χ0v) is 20.8. The van der Waals surface area contributed by atoms with E-state index in [9.17, 15) is 18.3 Å². The molecule has 2 atom stereocenters. The molecule has 11 heteroatoms. The highest BCUT2D eigenvalue weighted by atomic mass is 19.4. The summed E-state index contributed by atoms with van der Waals surface area (Å²) in [6.45, 7) is 5.51. The molecule has 5 rings (SSSR count). The van der Waals surface area contributed by atoms with Gasteiger partial charge in [-0.05, 0) is 51.0 Å². The third-order valence-electron chi connectivity index (χ3n) is 6.44. The van der Waals surface area contributed by atoms with Gasteiger partial charge in [0, 0.05) is 30.2 Å². The van der Waals surface area contributed by atoms with Crippen LogP contribution in [-0.4, -0.2) is 66.6 Å². The summed E-state index contributed by atoms with van der Waals surface area (Å²) in [6.07, 6.45) is -2.58. The van der Waals surface area contributed by atoms with Crippen molar-refractivity contribution >= 4 is 16.6 Å². The highest BCUT2D eigenvalue weighted by molar-refractivity contribution is 5.86. The first kappa shape index (κ1) is 25.4. The summed E-state index contributed by atoms with van der Waals surface area (Å²) in [5.41, 5.74) is 5.88. The van der Waals surface area contributed by atoms with Crippen LogP contribution in [0.25, 0.3) is 28.1 Å². The summed E-state index contributed by atoms with van der Waals surface area (Å²) in [5.74, 6) is 0.786. The zero-order valence-electron chi connectivity index (χ0n) is 20.8. The third-order valence-corrected chi connectivity index (χ3v) is 6.44. The maximum absolute atomic E-state index is 14.3. The van der Waals surface area contributed by atoms with Crippen molar-refractivity contribution in [1.29, 1.82) is 0 Å². The van der Waals surface area contributed by atoms with Gasteiger partial charge in [-0.25, -0.2) is 4.98 Å². The normalized spacial score (nSPS) is 20.1. The number of hydrogen-bond donors (Lipinski definition) is 2. The Hall–Kier alpha value is -3.28. The van der Waals surface area contributed by atoms with Gasteiger partial charge in [-0.15, -0.1) is 10.2 Å². The number of ether oxygens (including phenoxy) is 1. The predicted octanol–water partition coefficient (Wildman–Crippen LogP) is 4.12. The molecule has 0 aliphatic carbocycles. The molecule has 1 saturated heterocycles. The van der Waals surface area contributed by atoms with Crippen molar-refractivity contribution in [3.63, 3.8) is 0 Å². The van der Waals surface area contributed by atoms with Crippen LogP contribution in [0.15, 0.2) is 48.7 Å². The molecule has 1 fully saturated rings. The van der Waals surface area contributed by atoms with E-state index in [1.165, 1.54) is 27.6 Å². The van der Waals surface area contributed by atoms with Gasteiger partial charge < -0.3 is 15.6 Å². The number of para-hydroxylation sites is 1. The topological polar surface area (TPSA) is 102 Å². The summed E-state index contributed by atoms with van der Waals surface area (Å²) in [4.78, 5) is 6.09. The zero-order chi connectivity index (χ0) is 26.6. The number of aliphatic hydroxyl groups is 1. The molecule has 4 heterocycles. The number of alkyl halides is 3. The van der Waals surface area contributed by atoms with Crippen LogP contribution in [0.2, 0.25) is 0 Å². The van der Waals surface area contributed by atoms with E-state index in [0.29, 0.717) is 34.9 Å². The Bertz CT molecular complexity index is 1440. The molecular weight excluding hydrogens is 485 g/mol. The summed E-state index contributed by atoms with van der Waals surface area (Å²) in [6, 6.07) is 10.2. The third kappa shape index (κ3) is 5.25. The lowest BCUT2D eigenvalue weighted by Crippen LogP contribution is -2.43. The summed E-state index contributed by atoms with van der Waals surface area (Å²) in [7, 11) is 0. The van der Waals surface area contributed by atoms with Crippen LogP contribution in [-0.2, 0) is 0 Å². The molecule has 8 nitrogen and oxygen atoms in total. The number of rotatable bonds is 6. The first-order valence-electron chi connectivity index (χ1n) is 12.0. The number of benzene rings is 1. The van der Waals surface area contributed by atoms with Crippen molar-refractivity contribution in [2.45, 2.75) is 50.6 Å². The van der Waals surface area contributed by atoms with Gasteiger partial charge in [0.05, 0.1) is 5.60 Å². The van der Waals surface area contributed by atoms with Gasteiger partial charge in [0.2, 0.25) is 0 Å². The minimum Gasteiger partial charge on any atom is -0.488 e. The summed E-state index contributed by atoms with van der Waals surface area (Å²) < 4.78 is 50.1. The number of nitrogens with two attached hydrogens (primary N) is 1. The molecule has 0 saturated carbocycles. The van der Waals surface area contributed by atoms with Crippen molar-refractivity contribution in [1.82, 2.24) is 24.5 Å². The number of halogens is 3. The smallest absolute Gasteiger partial charge is 0.408 e. The summed E-state index contributed by atoms with van der Waals surface area (Å²) in [5, 5.41) is 19.2. The Morgan fingerprint density at radius 2 is 1.92 bits per heavy atom. The molecular formula is C26H29F3N6O2. The van der Waals surface area contributed by atoms with E-state index in [2.05, 4.69) is 10.2 Å². The van der Waals surface area contributed by atoms with Crippen LogP contribution in [0.4, 0.5) is 13.2 Å². The molecule has 1 aromatic carbocycles. The van der Waals surface area contributed by atoms with Gasteiger partial charge in [-0.3, -0.25) is 9.30 Å². The van der Waals surface area contributed by atoms with Crippen molar-refractivity contribution in [3.8, 4) is 17.3 Å². The van der Waals surface area contributed by atoms with Crippen LogP contribution in [0.5, 0.6) is 5.75 Å². The number of aromatic nitrogens is 4. The fourth-order valence-electron chi connectivity index (χ4n) is 4.71. The Balaban J connectivity index is 1.56. The van der Waals surface area contributed by atoms with Gasteiger partial charge in [0.25, 0.3) is 0 Å². The maximum Gasteiger partial charge on any atom is 0.408 e. The van der Waals surface area contributed by atoms with E-state index in [0.717, 1.165) is 5.39 Å². The standard InChI is InChI=1S/C26H29F3N6O2/c1-24(2,36)15-37-19-6-4-5-16-7-9-18(31-21(16)19)23-33-32-20-10-8-17(13-35(20)23)22(26(27,28)29)34-12-11-25(3,30)14-34/h4-10,13,22,36H,11-12,14-15,30H2,1-3H3/t22-,25-/m1/s1. The second-order valence-corrected chi connectivity index (χ2v) is 10.7. The Labute approximate surface area is 211 Å². The van der Waals surface area contributed by atoms with E-state index in [1.807, 2.05) is 18.2 Å². The maximum atomic E-state index is 14.3. The molecule has 1 aliphatic rings. The molecule has 0 unspecified atom stereocenters. The largest absolute Gasteiger partial charge is 0.488 e. The van der Waals surface area contributed by atoms with Gasteiger partial charge >= 0.3 is 6.18 Å². The number of nitrogens with zero attached hydrogens (tertiary/aromatic N) is 5. The van der Waals surface area contributed by atoms with Crippen LogP contribution < -0.4 is 10.5 Å². The number of hydrogen-bond acceptors (Lipinski definition) is 7. The van der Waals surface area contributed by atoms with Gasteiger partial charge in [-0.2, -0.15) is 13.2 Å². The molecule has 3 N–H and O–H groups in total. The average molecular weight is 515 g/mol. The lowest BCUT2D eigenvalue weighted by molar-refractivity contribution is -0.184. The van der Waals surface area contributed by atoms with Crippen molar-refractivity contribution < 1.29 is 23.0 Å². The van der Waals surface area contributed by atoms with Crippen LogP contribution in [0.1, 0.15) is 38.8 Å². The minimum atomic E-state index is -4.49. The highest BCUT2D eigenvalue weighted by Crippen LogP contribution is 2.41. The molecule has 0 bridgehead atoms. The molecule has 4 aromatic rings. The Morgan fingerprint density at radius 3 is 2.59 bits per heavy atom. The van der Waals surface area contributed by atoms with Gasteiger partial charge in [0.1, 0.15) is 29.6 Å². The number of likely N-dealkylation sites (tertiary alicyclic amines) is 1. The number of pyridine rings is 2. The van der Waals surface area contributed by atoms with Crippen molar-refractivity contribution in [3.05, 3.63) is 54.2 Å². The van der Waals surface area contributed by atoms with Gasteiger partial charge in [0.15, 0.2) is 11.5 Å². The van der Waals surface area contributed by atoms with Crippen LogP contribution in [0.3, 0.4) is 0 Å². The molecule has 37 heavy (non-hydrogen) atoms. The average Bonchev–Trinajstić information content (AvgIpc) is 3.38. The van der Waals surface area contributed by atoms with Crippen molar-refractivity contribution in [2.75, 3.05) is 19.7 Å². The lowest BCUT2D eigenvalue weighted by Gasteiger charge is -2.31. The van der Waals surface area contributed by atoms with E-state index < -0.39 is 23.4 Å². The summed E-state index contributed by atoms with van der Waals surface area (Å²) >= 11 is 0. The molecule has 0 radical (unpaired) electrons. The predicted molar refractivity (Wildman–Crippen MR) is 133 cm³/mol.